The van der Waals surface area contributed by atoms with Gasteiger partial charge in [0.1, 0.15) is 0 Å². The van der Waals surface area contributed by atoms with E-state index < -0.39 is 0 Å². The second-order valence-corrected chi connectivity index (χ2v) is 5.99. The topological polar surface area (TPSA) is 15.3 Å². The van der Waals surface area contributed by atoms with Gasteiger partial charge in [-0.3, -0.25) is 4.90 Å². The summed E-state index contributed by atoms with van der Waals surface area (Å²) < 4.78 is 0. The first kappa shape index (κ1) is 14.5. The Bertz CT molecular complexity index is 359. The molecular weight excluding hydrogens is 232 g/mol. The molecule has 0 radical (unpaired) electrons. The van der Waals surface area contributed by atoms with Gasteiger partial charge in [0.2, 0.25) is 0 Å². The molecule has 2 nitrogen and oxygen atoms in total. The van der Waals surface area contributed by atoms with Gasteiger partial charge in [-0.2, -0.15) is 0 Å². The molecule has 1 aromatic carbocycles. The molecule has 19 heavy (non-hydrogen) atoms. The van der Waals surface area contributed by atoms with Crippen molar-refractivity contribution in [2.75, 3.05) is 13.1 Å². The Labute approximate surface area is 118 Å². The molecule has 2 unspecified atom stereocenters. The highest BCUT2D eigenvalue weighted by Crippen LogP contribution is 2.12. The van der Waals surface area contributed by atoms with Crippen molar-refractivity contribution in [1.82, 2.24) is 10.2 Å². The number of benzene rings is 1. The van der Waals surface area contributed by atoms with Gasteiger partial charge in [-0.05, 0) is 57.3 Å². The Kier molecular flexibility index (Phi) is 5.41. The third-order valence-corrected chi connectivity index (χ3v) is 4.16. The van der Waals surface area contributed by atoms with Crippen LogP contribution < -0.4 is 5.32 Å². The minimum Gasteiger partial charge on any atom is -0.312 e. The Morgan fingerprint density at radius 3 is 2.05 bits per heavy atom. The third-order valence-electron chi connectivity index (χ3n) is 4.16. The van der Waals surface area contributed by atoms with E-state index >= 15 is 0 Å². The van der Waals surface area contributed by atoms with Crippen LogP contribution in [-0.2, 0) is 13.0 Å². The van der Waals surface area contributed by atoms with E-state index in [-0.39, 0.29) is 0 Å². The molecule has 1 aromatic rings. The fourth-order valence-electron chi connectivity index (χ4n) is 2.81. The molecule has 0 saturated carbocycles. The molecule has 0 amide bonds. The lowest BCUT2D eigenvalue weighted by molar-refractivity contribution is 0.212. The van der Waals surface area contributed by atoms with Crippen LogP contribution in [0.3, 0.4) is 0 Å². The van der Waals surface area contributed by atoms with Crippen LogP contribution in [0.1, 0.15) is 44.7 Å². The maximum atomic E-state index is 3.65. The van der Waals surface area contributed by atoms with Crippen LogP contribution in [0.25, 0.3) is 0 Å². The van der Waals surface area contributed by atoms with Crippen LogP contribution in [-0.4, -0.2) is 30.1 Å². The molecular formula is C17H28N2. The quantitative estimate of drug-likeness (QED) is 0.898. The first-order valence-corrected chi connectivity index (χ1v) is 7.73. The minimum absolute atomic E-state index is 0.639. The van der Waals surface area contributed by atoms with Gasteiger partial charge in [0.15, 0.2) is 0 Å². The lowest BCUT2D eigenvalue weighted by atomic mass is 10.1. The van der Waals surface area contributed by atoms with E-state index in [4.69, 9.17) is 0 Å². The number of rotatable bonds is 3. The molecule has 2 atom stereocenters. The maximum absolute atomic E-state index is 3.65. The molecule has 2 rings (SSSR count). The molecule has 0 aromatic heterocycles. The highest BCUT2D eigenvalue weighted by atomic mass is 15.1. The lowest BCUT2D eigenvalue weighted by Crippen LogP contribution is -2.42. The van der Waals surface area contributed by atoms with Gasteiger partial charge < -0.3 is 5.32 Å². The van der Waals surface area contributed by atoms with Crippen molar-refractivity contribution in [3.05, 3.63) is 35.4 Å². The van der Waals surface area contributed by atoms with Crippen molar-refractivity contribution in [1.29, 1.82) is 0 Å². The highest BCUT2D eigenvalue weighted by Gasteiger charge is 2.15. The van der Waals surface area contributed by atoms with Crippen LogP contribution in [0.2, 0.25) is 0 Å². The zero-order chi connectivity index (χ0) is 13.7. The smallest absolute Gasteiger partial charge is 0.0233 e. The van der Waals surface area contributed by atoms with E-state index in [0.29, 0.717) is 12.1 Å². The molecule has 0 aliphatic carbocycles. The zero-order valence-corrected chi connectivity index (χ0v) is 12.7. The van der Waals surface area contributed by atoms with Gasteiger partial charge in [-0.1, -0.05) is 31.2 Å². The molecule has 2 heteroatoms. The van der Waals surface area contributed by atoms with Crippen molar-refractivity contribution >= 4 is 0 Å². The van der Waals surface area contributed by atoms with E-state index in [1.54, 1.807) is 0 Å². The molecule has 0 bridgehead atoms. The lowest BCUT2D eigenvalue weighted by Gasteiger charge is -2.30. The van der Waals surface area contributed by atoms with Crippen molar-refractivity contribution in [3.8, 4) is 0 Å². The predicted molar refractivity (Wildman–Crippen MR) is 82.4 cm³/mol. The standard InChI is InChI=1S/C17H28N2/c1-4-16-5-7-17(8-6-16)13-19-11-9-14(2)18-15(3)10-12-19/h5-8,14-15,18H,4,9-13H2,1-3H3. The molecule has 1 N–H and O–H groups in total. The number of aryl methyl sites for hydroxylation is 1. The Hall–Kier alpha value is -0.860. The second kappa shape index (κ2) is 7.06. The van der Waals surface area contributed by atoms with Crippen molar-refractivity contribution in [2.24, 2.45) is 0 Å². The van der Waals surface area contributed by atoms with Crippen LogP contribution in [0.5, 0.6) is 0 Å². The summed E-state index contributed by atoms with van der Waals surface area (Å²) >= 11 is 0. The van der Waals surface area contributed by atoms with Crippen LogP contribution in [0.15, 0.2) is 24.3 Å². The van der Waals surface area contributed by atoms with Gasteiger partial charge in [0, 0.05) is 18.6 Å². The summed E-state index contributed by atoms with van der Waals surface area (Å²) in [5, 5.41) is 3.65. The molecule has 1 aliphatic heterocycles. The molecule has 1 heterocycles. The third kappa shape index (κ3) is 4.63. The molecule has 1 aliphatic rings. The fourth-order valence-corrected chi connectivity index (χ4v) is 2.81. The fraction of sp³-hybridized carbons (Fsp3) is 0.647. The first-order chi connectivity index (χ1) is 9.17. The maximum Gasteiger partial charge on any atom is 0.0233 e. The van der Waals surface area contributed by atoms with Crippen LogP contribution in [0.4, 0.5) is 0 Å². The van der Waals surface area contributed by atoms with E-state index in [1.165, 1.54) is 37.1 Å². The van der Waals surface area contributed by atoms with E-state index in [0.717, 1.165) is 13.0 Å². The summed E-state index contributed by atoms with van der Waals surface area (Å²) in [5.41, 5.74) is 2.88. The summed E-state index contributed by atoms with van der Waals surface area (Å²) in [4.78, 5) is 2.61. The monoisotopic (exact) mass is 260 g/mol. The number of nitrogens with one attached hydrogen (secondary N) is 1. The normalized spacial score (nSPS) is 25.8. The zero-order valence-electron chi connectivity index (χ0n) is 12.7. The molecule has 1 fully saturated rings. The summed E-state index contributed by atoms with van der Waals surface area (Å²) in [6, 6.07) is 10.4. The second-order valence-electron chi connectivity index (χ2n) is 5.99. The predicted octanol–water partition coefficient (Wildman–Crippen LogP) is 3.21. The molecule has 1 saturated heterocycles. The molecule has 106 valence electrons. The Balaban J connectivity index is 1.92. The summed E-state index contributed by atoms with van der Waals surface area (Å²) in [6.45, 7) is 10.3. The Morgan fingerprint density at radius 2 is 1.53 bits per heavy atom. The Morgan fingerprint density at radius 1 is 1.00 bits per heavy atom. The van der Waals surface area contributed by atoms with E-state index in [2.05, 4.69) is 55.3 Å². The van der Waals surface area contributed by atoms with Crippen molar-refractivity contribution < 1.29 is 0 Å². The SMILES string of the molecule is CCc1ccc(CN2CCC(C)NC(C)CC2)cc1. The van der Waals surface area contributed by atoms with Crippen LogP contribution in [0, 0.1) is 0 Å². The van der Waals surface area contributed by atoms with E-state index in [9.17, 15) is 0 Å². The van der Waals surface area contributed by atoms with Gasteiger partial charge in [0.25, 0.3) is 0 Å². The largest absolute Gasteiger partial charge is 0.312 e. The summed E-state index contributed by atoms with van der Waals surface area (Å²) in [5.74, 6) is 0. The van der Waals surface area contributed by atoms with Crippen molar-refractivity contribution in [2.45, 2.75) is 58.7 Å². The van der Waals surface area contributed by atoms with Gasteiger partial charge in [-0.15, -0.1) is 0 Å². The summed E-state index contributed by atoms with van der Waals surface area (Å²) in [6.07, 6.45) is 3.62. The first-order valence-electron chi connectivity index (χ1n) is 7.73. The summed E-state index contributed by atoms with van der Waals surface area (Å²) in [7, 11) is 0. The minimum atomic E-state index is 0.639. The number of nitrogens with zero attached hydrogens (tertiary/aromatic N) is 1. The number of hydrogen-bond donors (Lipinski definition) is 1. The van der Waals surface area contributed by atoms with Gasteiger partial charge in [0.05, 0.1) is 0 Å². The molecule has 0 spiro atoms. The average molecular weight is 260 g/mol. The van der Waals surface area contributed by atoms with Gasteiger partial charge >= 0.3 is 0 Å². The van der Waals surface area contributed by atoms with Gasteiger partial charge in [-0.25, -0.2) is 0 Å². The van der Waals surface area contributed by atoms with Crippen LogP contribution >= 0.6 is 0 Å². The van der Waals surface area contributed by atoms with Crippen molar-refractivity contribution in [3.63, 3.8) is 0 Å². The highest BCUT2D eigenvalue weighted by molar-refractivity contribution is 5.22. The number of hydrogen-bond acceptors (Lipinski definition) is 2. The van der Waals surface area contributed by atoms with E-state index in [1.807, 2.05) is 0 Å². The average Bonchev–Trinajstić information content (AvgIpc) is 2.41.